The van der Waals surface area contributed by atoms with E-state index < -0.39 is 0 Å². The number of rotatable bonds is 2. The summed E-state index contributed by atoms with van der Waals surface area (Å²) in [5, 5.41) is 2.90. The second-order valence-electron chi connectivity index (χ2n) is 4.07. The van der Waals surface area contributed by atoms with E-state index >= 15 is 0 Å². The first kappa shape index (κ1) is 10.4. The van der Waals surface area contributed by atoms with E-state index in [0.717, 1.165) is 13.1 Å². The molecule has 0 unspecified atom stereocenters. The van der Waals surface area contributed by atoms with Gasteiger partial charge in [0.25, 0.3) is 0 Å². The quantitative estimate of drug-likeness (QED) is 0.714. The Bertz CT molecular complexity index is 147. The molecule has 1 saturated heterocycles. The number of hydrogen-bond donors (Lipinski definition) is 1. The maximum absolute atomic E-state index is 3.47. The molecular formula is C9H20N2S. The largest absolute Gasteiger partial charge is 0.242 e. The Labute approximate surface area is 80.1 Å². The summed E-state index contributed by atoms with van der Waals surface area (Å²) < 4.78 is 0.403. The summed E-state index contributed by atoms with van der Waals surface area (Å²) in [7, 11) is 0. The summed E-state index contributed by atoms with van der Waals surface area (Å²) in [6, 6.07) is 0. The molecule has 1 N–H and O–H groups in total. The van der Waals surface area contributed by atoms with Crippen LogP contribution in [0.15, 0.2) is 0 Å². The van der Waals surface area contributed by atoms with Gasteiger partial charge in [0, 0.05) is 17.8 Å². The SMILES string of the molecule is CCCN1CC(C)(C)S[C@H](C)N1. The Morgan fingerprint density at radius 2 is 2.25 bits per heavy atom. The minimum Gasteiger partial charge on any atom is -0.242 e. The number of hydrogen-bond acceptors (Lipinski definition) is 3. The highest BCUT2D eigenvalue weighted by atomic mass is 32.2. The van der Waals surface area contributed by atoms with Crippen molar-refractivity contribution in [2.24, 2.45) is 0 Å². The molecule has 0 amide bonds. The van der Waals surface area contributed by atoms with Crippen LogP contribution in [0.1, 0.15) is 34.1 Å². The zero-order valence-electron chi connectivity index (χ0n) is 8.55. The monoisotopic (exact) mass is 188 g/mol. The van der Waals surface area contributed by atoms with E-state index in [9.17, 15) is 0 Å². The Morgan fingerprint density at radius 1 is 1.58 bits per heavy atom. The van der Waals surface area contributed by atoms with Crippen molar-refractivity contribution >= 4 is 11.8 Å². The van der Waals surface area contributed by atoms with E-state index in [1.54, 1.807) is 0 Å². The Kier molecular flexibility index (Phi) is 3.44. The molecule has 0 bridgehead atoms. The van der Waals surface area contributed by atoms with Crippen LogP contribution in [0.3, 0.4) is 0 Å². The fourth-order valence-corrected chi connectivity index (χ4v) is 3.11. The van der Waals surface area contributed by atoms with Gasteiger partial charge in [-0.1, -0.05) is 6.92 Å². The lowest BCUT2D eigenvalue weighted by atomic mass is 10.2. The van der Waals surface area contributed by atoms with Crippen LogP contribution in [0.2, 0.25) is 0 Å². The first-order chi connectivity index (χ1) is 5.53. The normalized spacial score (nSPS) is 30.5. The highest BCUT2D eigenvalue weighted by Crippen LogP contribution is 2.31. The van der Waals surface area contributed by atoms with E-state index in [-0.39, 0.29) is 0 Å². The first-order valence-electron chi connectivity index (χ1n) is 4.72. The Hall–Kier alpha value is 0.270. The molecule has 1 fully saturated rings. The van der Waals surface area contributed by atoms with Gasteiger partial charge in [0.05, 0.1) is 5.37 Å². The molecule has 0 aromatic heterocycles. The molecule has 1 rings (SSSR count). The van der Waals surface area contributed by atoms with Gasteiger partial charge in [0.1, 0.15) is 0 Å². The second-order valence-corrected chi connectivity index (χ2v) is 6.12. The summed E-state index contributed by atoms with van der Waals surface area (Å²) in [5.74, 6) is 0. The molecule has 72 valence electrons. The van der Waals surface area contributed by atoms with Gasteiger partial charge in [0.2, 0.25) is 0 Å². The molecule has 0 aromatic rings. The number of hydrazine groups is 1. The van der Waals surface area contributed by atoms with Gasteiger partial charge in [-0.25, -0.2) is 10.4 Å². The standard InChI is InChI=1S/C9H20N2S/c1-5-6-11-7-9(3,4)12-8(2)10-11/h8,10H,5-7H2,1-4H3/t8-/m1/s1. The Balaban J connectivity index is 2.46. The van der Waals surface area contributed by atoms with Gasteiger partial charge >= 0.3 is 0 Å². The summed E-state index contributed by atoms with van der Waals surface area (Å²) in [4.78, 5) is 0. The van der Waals surface area contributed by atoms with Crippen LogP contribution in [0, 0.1) is 0 Å². The van der Waals surface area contributed by atoms with Crippen molar-refractivity contribution in [2.45, 2.75) is 44.2 Å². The maximum atomic E-state index is 3.47. The number of thioether (sulfide) groups is 1. The van der Waals surface area contributed by atoms with E-state index in [1.807, 2.05) is 11.8 Å². The van der Waals surface area contributed by atoms with Gasteiger partial charge < -0.3 is 0 Å². The van der Waals surface area contributed by atoms with Crippen LogP contribution in [0.5, 0.6) is 0 Å². The molecular weight excluding hydrogens is 168 g/mol. The molecule has 2 nitrogen and oxygen atoms in total. The minimum atomic E-state index is 0.403. The average Bonchev–Trinajstić information content (AvgIpc) is 1.82. The molecule has 1 atom stereocenters. The third-order valence-electron chi connectivity index (χ3n) is 1.93. The molecule has 3 heteroatoms. The first-order valence-corrected chi connectivity index (χ1v) is 5.60. The molecule has 0 spiro atoms. The molecule has 0 radical (unpaired) electrons. The fourth-order valence-electron chi connectivity index (χ4n) is 1.72. The third kappa shape index (κ3) is 2.96. The van der Waals surface area contributed by atoms with Crippen LogP contribution >= 0.6 is 11.8 Å². The molecule has 12 heavy (non-hydrogen) atoms. The van der Waals surface area contributed by atoms with Crippen LogP contribution in [0.25, 0.3) is 0 Å². The van der Waals surface area contributed by atoms with Crippen molar-refractivity contribution in [1.29, 1.82) is 0 Å². The van der Waals surface area contributed by atoms with E-state index in [0.29, 0.717) is 10.1 Å². The van der Waals surface area contributed by atoms with Crippen LogP contribution < -0.4 is 5.43 Å². The lowest BCUT2D eigenvalue weighted by molar-refractivity contribution is 0.159. The molecule has 1 heterocycles. The molecule has 1 aliphatic rings. The van der Waals surface area contributed by atoms with Crippen molar-refractivity contribution in [2.75, 3.05) is 13.1 Å². The van der Waals surface area contributed by atoms with E-state index in [1.165, 1.54) is 6.42 Å². The second kappa shape index (κ2) is 3.99. The smallest absolute Gasteiger partial charge is 0.0646 e. The predicted octanol–water partition coefficient (Wildman–Crippen LogP) is 2.07. The van der Waals surface area contributed by atoms with Crippen molar-refractivity contribution in [3.63, 3.8) is 0 Å². The highest BCUT2D eigenvalue weighted by molar-refractivity contribution is 8.01. The van der Waals surface area contributed by atoms with Crippen LogP contribution in [-0.2, 0) is 0 Å². The molecule has 1 aliphatic heterocycles. The topological polar surface area (TPSA) is 15.3 Å². The van der Waals surface area contributed by atoms with Gasteiger partial charge in [-0.15, -0.1) is 11.8 Å². The molecule has 0 aliphatic carbocycles. The minimum absolute atomic E-state index is 0.403. The summed E-state index contributed by atoms with van der Waals surface area (Å²) >= 11 is 2.02. The summed E-state index contributed by atoms with van der Waals surface area (Å²) in [5.41, 5.74) is 3.47. The zero-order valence-corrected chi connectivity index (χ0v) is 9.37. The summed E-state index contributed by atoms with van der Waals surface area (Å²) in [6.45, 7) is 11.4. The van der Waals surface area contributed by atoms with Gasteiger partial charge in [-0.05, 0) is 27.2 Å². The Morgan fingerprint density at radius 3 is 2.75 bits per heavy atom. The van der Waals surface area contributed by atoms with Crippen LogP contribution in [-0.4, -0.2) is 28.2 Å². The van der Waals surface area contributed by atoms with Crippen molar-refractivity contribution in [3.8, 4) is 0 Å². The van der Waals surface area contributed by atoms with Gasteiger partial charge in [0.15, 0.2) is 0 Å². The molecule has 0 saturated carbocycles. The van der Waals surface area contributed by atoms with E-state index in [4.69, 9.17) is 0 Å². The average molecular weight is 188 g/mol. The highest BCUT2D eigenvalue weighted by Gasteiger charge is 2.30. The van der Waals surface area contributed by atoms with Crippen LogP contribution in [0.4, 0.5) is 0 Å². The third-order valence-corrected chi connectivity index (χ3v) is 3.15. The van der Waals surface area contributed by atoms with Gasteiger partial charge in [-0.3, -0.25) is 0 Å². The predicted molar refractivity (Wildman–Crippen MR) is 56.1 cm³/mol. The molecule has 0 aromatic carbocycles. The van der Waals surface area contributed by atoms with Crippen molar-refractivity contribution < 1.29 is 0 Å². The van der Waals surface area contributed by atoms with E-state index in [2.05, 4.69) is 38.1 Å². The number of nitrogens with zero attached hydrogens (tertiary/aromatic N) is 1. The fraction of sp³-hybridized carbons (Fsp3) is 1.00. The summed E-state index contributed by atoms with van der Waals surface area (Å²) in [6.07, 6.45) is 1.22. The zero-order chi connectivity index (χ0) is 9.19. The number of nitrogens with one attached hydrogen (secondary N) is 1. The maximum Gasteiger partial charge on any atom is 0.0646 e. The lowest BCUT2D eigenvalue weighted by Crippen LogP contribution is -2.54. The lowest BCUT2D eigenvalue weighted by Gasteiger charge is -2.41. The van der Waals surface area contributed by atoms with Crippen molar-refractivity contribution in [3.05, 3.63) is 0 Å². The van der Waals surface area contributed by atoms with Crippen molar-refractivity contribution in [1.82, 2.24) is 10.4 Å². The van der Waals surface area contributed by atoms with Gasteiger partial charge in [-0.2, -0.15) is 0 Å².